The van der Waals surface area contributed by atoms with E-state index in [0.717, 1.165) is 20.7 Å². The van der Waals surface area contributed by atoms with Crippen LogP contribution in [0.3, 0.4) is 0 Å². The molecule has 0 bridgehead atoms. The van der Waals surface area contributed by atoms with Crippen molar-refractivity contribution in [1.29, 1.82) is 0 Å². The van der Waals surface area contributed by atoms with E-state index in [2.05, 4.69) is 0 Å². The average molecular weight is 290 g/mol. The molecule has 5 heteroatoms. The van der Waals surface area contributed by atoms with Crippen molar-refractivity contribution in [2.75, 3.05) is 7.11 Å². The van der Waals surface area contributed by atoms with Crippen LogP contribution in [0.15, 0.2) is 12.1 Å². The lowest BCUT2D eigenvalue weighted by molar-refractivity contribution is 0.189. The molecule has 0 atom stereocenters. The second kappa shape index (κ2) is 5.44. The highest BCUT2D eigenvalue weighted by molar-refractivity contribution is 7.21. The molecule has 0 aliphatic rings. The molecule has 2 aromatic rings. The van der Waals surface area contributed by atoms with Crippen molar-refractivity contribution >= 4 is 44.6 Å². The lowest BCUT2D eigenvalue weighted by Gasteiger charge is -2.04. The van der Waals surface area contributed by atoms with Crippen molar-refractivity contribution in [3.8, 4) is 5.06 Å². The van der Waals surface area contributed by atoms with E-state index in [1.54, 1.807) is 19.8 Å². The number of fused-ring (bicyclic) bond motifs is 1. The van der Waals surface area contributed by atoms with E-state index in [4.69, 9.17) is 32.7 Å². The number of thiophene rings is 1. The van der Waals surface area contributed by atoms with E-state index >= 15 is 0 Å². The number of hydrogen-bond acceptors (Lipinski definition) is 3. The first-order valence-electron chi connectivity index (χ1n) is 5.01. The molecule has 17 heavy (non-hydrogen) atoms. The minimum atomic E-state index is 0.430. The summed E-state index contributed by atoms with van der Waals surface area (Å²) >= 11 is 13.8. The minimum Gasteiger partial charge on any atom is -0.487 e. The molecule has 1 radical (unpaired) electrons. The van der Waals surface area contributed by atoms with Gasteiger partial charge in [0, 0.05) is 15.6 Å². The van der Waals surface area contributed by atoms with Crippen LogP contribution in [0.4, 0.5) is 0 Å². The Kier molecular flexibility index (Phi) is 4.15. The van der Waals surface area contributed by atoms with Gasteiger partial charge >= 0.3 is 0 Å². The zero-order valence-corrected chi connectivity index (χ0v) is 11.7. The van der Waals surface area contributed by atoms with Gasteiger partial charge in [0.05, 0.1) is 30.4 Å². The largest absolute Gasteiger partial charge is 0.487 e. The Morgan fingerprint density at radius 1 is 1.35 bits per heavy atom. The van der Waals surface area contributed by atoms with Crippen LogP contribution >= 0.6 is 34.5 Å². The summed E-state index contributed by atoms with van der Waals surface area (Å²) in [5, 5.41) is 2.83. The molecule has 1 heterocycles. The average Bonchev–Trinajstić information content (AvgIpc) is 2.70. The van der Waals surface area contributed by atoms with Crippen molar-refractivity contribution in [1.82, 2.24) is 0 Å². The van der Waals surface area contributed by atoms with E-state index in [9.17, 15) is 0 Å². The smallest absolute Gasteiger partial charge is 0.180 e. The van der Waals surface area contributed by atoms with Crippen molar-refractivity contribution in [2.24, 2.45) is 0 Å². The second-order valence-corrected chi connectivity index (χ2v) is 5.15. The third-order valence-electron chi connectivity index (χ3n) is 2.39. The van der Waals surface area contributed by atoms with E-state index in [1.807, 2.05) is 13.0 Å². The standard InChI is InChI=1S/C12H11Cl2O2S/c1-3-16-6-7-10-9(17-12(7)15-2)5-4-8(13)11(10)14/h3-5H,6H2,1-2H3. The molecule has 0 spiro atoms. The predicted octanol–water partition coefficient (Wildman–Crippen LogP) is 4.91. The van der Waals surface area contributed by atoms with Crippen molar-refractivity contribution in [2.45, 2.75) is 13.5 Å². The molecule has 0 aliphatic carbocycles. The van der Waals surface area contributed by atoms with Crippen LogP contribution in [0.1, 0.15) is 12.5 Å². The lowest BCUT2D eigenvalue weighted by Crippen LogP contribution is -1.91. The first kappa shape index (κ1) is 13.0. The summed E-state index contributed by atoms with van der Waals surface area (Å²) < 4.78 is 11.7. The molecule has 91 valence electrons. The van der Waals surface area contributed by atoms with E-state index in [0.29, 0.717) is 16.7 Å². The van der Waals surface area contributed by atoms with Crippen LogP contribution in [0.2, 0.25) is 10.0 Å². The first-order chi connectivity index (χ1) is 8.19. The fraction of sp³-hybridized carbons (Fsp3) is 0.250. The van der Waals surface area contributed by atoms with E-state index < -0.39 is 0 Å². The number of methoxy groups -OCH3 is 1. The maximum Gasteiger partial charge on any atom is 0.180 e. The van der Waals surface area contributed by atoms with Gasteiger partial charge in [-0.05, 0) is 19.1 Å². The number of hydrogen-bond donors (Lipinski definition) is 0. The topological polar surface area (TPSA) is 18.5 Å². The number of halogens is 2. The van der Waals surface area contributed by atoms with Gasteiger partial charge in [0.1, 0.15) is 0 Å². The zero-order valence-electron chi connectivity index (χ0n) is 9.42. The summed E-state index contributed by atoms with van der Waals surface area (Å²) in [6.45, 7) is 3.90. The highest BCUT2D eigenvalue weighted by atomic mass is 35.5. The maximum absolute atomic E-state index is 6.23. The molecular formula is C12H11Cl2O2S. The highest BCUT2D eigenvalue weighted by Crippen LogP contribution is 2.43. The van der Waals surface area contributed by atoms with Gasteiger partial charge in [0.15, 0.2) is 5.06 Å². The Bertz CT molecular complexity index is 537. The lowest BCUT2D eigenvalue weighted by atomic mass is 10.2. The normalized spacial score (nSPS) is 11.1. The van der Waals surface area contributed by atoms with Crippen molar-refractivity contribution in [3.05, 3.63) is 34.3 Å². The second-order valence-electron chi connectivity index (χ2n) is 3.35. The molecule has 0 saturated carbocycles. The molecule has 2 rings (SSSR count). The number of ether oxygens (including phenoxy) is 2. The van der Waals surface area contributed by atoms with Crippen LogP contribution < -0.4 is 4.74 Å². The molecule has 1 aromatic carbocycles. The molecule has 0 fully saturated rings. The molecule has 0 aliphatic heterocycles. The third kappa shape index (κ3) is 2.38. The molecule has 1 aromatic heterocycles. The summed E-state index contributed by atoms with van der Waals surface area (Å²) in [5.74, 6) is 0. The van der Waals surface area contributed by atoms with Gasteiger partial charge in [-0.1, -0.05) is 34.5 Å². The van der Waals surface area contributed by atoms with Crippen LogP contribution in [0.5, 0.6) is 5.06 Å². The number of rotatable bonds is 4. The maximum atomic E-state index is 6.23. The molecule has 0 saturated heterocycles. The van der Waals surface area contributed by atoms with Gasteiger partial charge in [-0.25, -0.2) is 0 Å². The molecule has 0 amide bonds. The fourth-order valence-electron chi connectivity index (χ4n) is 1.63. The predicted molar refractivity (Wildman–Crippen MR) is 73.2 cm³/mol. The Morgan fingerprint density at radius 2 is 2.12 bits per heavy atom. The summed E-state index contributed by atoms with van der Waals surface area (Å²) in [6.07, 6.45) is 0. The molecule has 0 N–H and O–H groups in total. The zero-order chi connectivity index (χ0) is 12.4. The van der Waals surface area contributed by atoms with Gasteiger partial charge < -0.3 is 9.47 Å². The SMILES string of the molecule is C[CH]OCc1c(OC)sc2ccc(Cl)c(Cl)c12. The molecule has 2 nitrogen and oxygen atoms in total. The van der Waals surface area contributed by atoms with Crippen LogP contribution in [0.25, 0.3) is 10.1 Å². The van der Waals surface area contributed by atoms with Gasteiger partial charge in [0.2, 0.25) is 0 Å². The highest BCUT2D eigenvalue weighted by Gasteiger charge is 2.17. The molecule has 0 unspecified atom stereocenters. The Balaban J connectivity index is 2.63. The van der Waals surface area contributed by atoms with Gasteiger partial charge in [0.25, 0.3) is 0 Å². The summed E-state index contributed by atoms with van der Waals surface area (Å²) in [6, 6.07) is 3.73. The van der Waals surface area contributed by atoms with Gasteiger partial charge in [-0.3, -0.25) is 0 Å². The quantitative estimate of drug-likeness (QED) is 0.796. The van der Waals surface area contributed by atoms with E-state index in [1.165, 1.54) is 11.3 Å². The Hall–Kier alpha value is -0.480. The summed E-state index contributed by atoms with van der Waals surface area (Å²) in [4.78, 5) is 0. The monoisotopic (exact) mass is 289 g/mol. The van der Waals surface area contributed by atoms with Gasteiger partial charge in [-0.2, -0.15) is 0 Å². The van der Waals surface area contributed by atoms with Crippen LogP contribution in [-0.4, -0.2) is 7.11 Å². The Morgan fingerprint density at radius 3 is 2.76 bits per heavy atom. The minimum absolute atomic E-state index is 0.430. The van der Waals surface area contributed by atoms with Crippen LogP contribution in [-0.2, 0) is 11.3 Å². The van der Waals surface area contributed by atoms with Gasteiger partial charge in [-0.15, -0.1) is 0 Å². The third-order valence-corrected chi connectivity index (χ3v) is 4.35. The van der Waals surface area contributed by atoms with E-state index in [-0.39, 0.29) is 0 Å². The first-order valence-corrected chi connectivity index (χ1v) is 6.59. The summed E-state index contributed by atoms with van der Waals surface area (Å²) in [5.41, 5.74) is 0.943. The van der Waals surface area contributed by atoms with Crippen molar-refractivity contribution in [3.63, 3.8) is 0 Å². The van der Waals surface area contributed by atoms with Crippen molar-refractivity contribution < 1.29 is 9.47 Å². The summed E-state index contributed by atoms with van der Waals surface area (Å²) in [7, 11) is 1.64. The number of benzene rings is 1. The van der Waals surface area contributed by atoms with Crippen LogP contribution in [0, 0.1) is 6.61 Å². The Labute approximate surface area is 114 Å². The molecular weight excluding hydrogens is 279 g/mol. The fourth-order valence-corrected chi connectivity index (χ4v) is 3.15.